The Kier molecular flexibility index (Phi) is 15.1. The van der Waals surface area contributed by atoms with Gasteiger partial charge in [0, 0.05) is 0 Å². The van der Waals surface area contributed by atoms with E-state index in [9.17, 15) is 0 Å². The molecule has 0 aliphatic heterocycles. The molecule has 0 saturated heterocycles. The van der Waals surface area contributed by atoms with Crippen molar-refractivity contribution in [3.63, 3.8) is 0 Å². The van der Waals surface area contributed by atoms with E-state index in [0.29, 0.717) is 0 Å². The van der Waals surface area contributed by atoms with Crippen LogP contribution in [0.4, 0.5) is 0 Å². The van der Waals surface area contributed by atoms with Gasteiger partial charge in [0.1, 0.15) is 0 Å². The van der Waals surface area contributed by atoms with Crippen LogP contribution in [-0.2, 0) is 27.0 Å². The van der Waals surface area contributed by atoms with E-state index in [0.717, 1.165) is 57.8 Å². The van der Waals surface area contributed by atoms with E-state index in [1.165, 1.54) is 33.4 Å². The molecule has 0 bridgehead atoms. The first-order valence-corrected chi connectivity index (χ1v) is 25.8. The quantitative estimate of drug-likeness (QED) is 0.0677. The summed E-state index contributed by atoms with van der Waals surface area (Å²) >= 11 is -2.60. The Morgan fingerprint density at radius 2 is 0.361 bits per heavy atom. The van der Waals surface area contributed by atoms with Gasteiger partial charge in [-0.2, -0.15) is 0 Å². The van der Waals surface area contributed by atoms with Crippen LogP contribution in [-0.4, -0.2) is 0 Å². The Hall–Kier alpha value is -4.15. The van der Waals surface area contributed by atoms with Crippen LogP contribution < -0.4 is 0 Å². The van der Waals surface area contributed by atoms with Crippen molar-refractivity contribution < 1.29 is 14.1 Å². The Morgan fingerprint density at radius 1 is 0.230 bits per heavy atom. The van der Waals surface area contributed by atoms with E-state index in [-0.39, 0.29) is 16.2 Å². The molecule has 0 aliphatic carbocycles. The SMILES string of the molecule is CCC(CC)(CC)[C](c1ccccc1)(c1ccccc1)[Cr]([C](c1ccccc1)(c1ccccc1)C(CC)(CC)CC)[C](c1ccccc1)(c1ccccc1)C(CC)(CC)CC. The third kappa shape index (κ3) is 7.02. The molecule has 6 aromatic carbocycles. The van der Waals surface area contributed by atoms with E-state index in [1.807, 2.05) is 0 Å². The van der Waals surface area contributed by atoms with Crippen LogP contribution in [0.15, 0.2) is 182 Å². The molecule has 0 heterocycles. The summed E-state index contributed by atoms with van der Waals surface area (Å²) in [5.41, 5.74) is 8.55. The zero-order chi connectivity index (χ0) is 43.6. The first-order valence-electron chi connectivity index (χ1n) is 23.9. The molecule has 0 N–H and O–H groups in total. The monoisotopic (exact) mass is 848 g/mol. The molecule has 0 amide bonds. The van der Waals surface area contributed by atoms with Crippen LogP contribution in [0.3, 0.4) is 0 Å². The van der Waals surface area contributed by atoms with Crippen molar-refractivity contribution in [1.29, 1.82) is 0 Å². The van der Waals surface area contributed by atoms with Crippen molar-refractivity contribution in [3.05, 3.63) is 215 Å². The minimum absolute atomic E-state index is 0.119. The zero-order valence-corrected chi connectivity index (χ0v) is 40.4. The van der Waals surface area contributed by atoms with Gasteiger partial charge in [0.05, 0.1) is 0 Å². The number of hydrogen-bond donors (Lipinski definition) is 0. The van der Waals surface area contributed by atoms with Crippen LogP contribution in [0, 0.1) is 16.2 Å². The maximum absolute atomic E-state index is 2.60. The second-order valence-corrected chi connectivity index (χ2v) is 21.4. The molecule has 0 spiro atoms. The summed E-state index contributed by atoms with van der Waals surface area (Å²) < 4.78 is -1.25. The number of rotatable bonds is 21. The normalized spacial score (nSPS) is 13.1. The fourth-order valence-electron chi connectivity index (χ4n) is 12.9. The van der Waals surface area contributed by atoms with Crippen LogP contribution >= 0.6 is 0 Å². The Bertz CT molecular complexity index is 1770. The van der Waals surface area contributed by atoms with E-state index in [1.54, 1.807) is 0 Å². The van der Waals surface area contributed by atoms with Crippen molar-refractivity contribution in [2.24, 2.45) is 16.2 Å². The maximum atomic E-state index is 2.57. The van der Waals surface area contributed by atoms with Gasteiger partial charge in [0.25, 0.3) is 0 Å². The van der Waals surface area contributed by atoms with Crippen LogP contribution in [0.2, 0.25) is 0 Å². The van der Waals surface area contributed by atoms with Crippen LogP contribution in [0.25, 0.3) is 0 Å². The summed E-state index contributed by atoms with van der Waals surface area (Å²) in [7, 11) is 0. The molecule has 6 aromatic rings. The predicted octanol–water partition coefficient (Wildman–Crippen LogP) is 17.1. The Morgan fingerprint density at radius 3 is 0.475 bits per heavy atom. The first-order chi connectivity index (χ1) is 29.8. The van der Waals surface area contributed by atoms with E-state index < -0.39 is 27.0 Å². The summed E-state index contributed by atoms with van der Waals surface area (Å²) in [6.07, 6.45) is 9.61. The summed E-state index contributed by atoms with van der Waals surface area (Å²) in [5, 5.41) is 0. The molecule has 0 saturated carbocycles. The summed E-state index contributed by atoms with van der Waals surface area (Å²) in [4.78, 5) is 0. The van der Waals surface area contributed by atoms with Crippen molar-refractivity contribution in [1.82, 2.24) is 0 Å². The summed E-state index contributed by atoms with van der Waals surface area (Å²) in [6, 6.07) is 72.7. The van der Waals surface area contributed by atoms with Gasteiger partial charge < -0.3 is 0 Å². The molecule has 0 unspecified atom stereocenters. The van der Waals surface area contributed by atoms with Crippen molar-refractivity contribution >= 4 is 0 Å². The van der Waals surface area contributed by atoms with Gasteiger partial charge in [-0.3, -0.25) is 0 Å². The minimum atomic E-state index is -2.60. The standard InChI is InChI=1S/3C20H25.Cr/c3*1-4-20(5-2,6-3)19(17-13-9-7-10-14-17)18-15-11-8-12-16-18;/h3*7-16H,4-6H2,1-3H3;. The zero-order valence-electron chi connectivity index (χ0n) is 39.1. The molecule has 0 radical (unpaired) electrons. The van der Waals surface area contributed by atoms with E-state index in [2.05, 4.69) is 244 Å². The van der Waals surface area contributed by atoms with Gasteiger partial charge in [0.2, 0.25) is 0 Å². The molecule has 0 aliphatic rings. The molecule has 321 valence electrons. The molecule has 0 fully saturated rings. The van der Waals surface area contributed by atoms with Crippen LogP contribution in [0.5, 0.6) is 0 Å². The first kappa shape index (κ1) is 46.4. The van der Waals surface area contributed by atoms with Crippen molar-refractivity contribution in [2.75, 3.05) is 0 Å². The second kappa shape index (κ2) is 19.9. The number of hydrogen-bond acceptors (Lipinski definition) is 0. The van der Waals surface area contributed by atoms with Gasteiger partial charge in [-0.05, 0) is 0 Å². The topological polar surface area (TPSA) is 0 Å². The molecule has 0 nitrogen and oxygen atoms in total. The van der Waals surface area contributed by atoms with Gasteiger partial charge >= 0.3 is 379 Å². The second-order valence-electron chi connectivity index (χ2n) is 17.6. The molecule has 0 atom stereocenters. The molecule has 6 rings (SSSR count). The fraction of sp³-hybridized carbons (Fsp3) is 0.400. The molecular formula is C60H75Cr. The average molecular weight is 848 g/mol. The predicted molar refractivity (Wildman–Crippen MR) is 261 cm³/mol. The van der Waals surface area contributed by atoms with Gasteiger partial charge in [-0.15, -0.1) is 0 Å². The molecule has 0 aromatic heterocycles. The van der Waals surface area contributed by atoms with Crippen molar-refractivity contribution in [2.45, 2.75) is 133 Å². The van der Waals surface area contributed by atoms with Crippen LogP contribution in [0.1, 0.15) is 153 Å². The Balaban J connectivity index is 2.22. The third-order valence-corrected chi connectivity index (χ3v) is 23.4. The number of benzene rings is 6. The van der Waals surface area contributed by atoms with E-state index in [4.69, 9.17) is 0 Å². The van der Waals surface area contributed by atoms with Gasteiger partial charge in [0.15, 0.2) is 0 Å². The molecular weight excluding hydrogens is 773 g/mol. The average Bonchev–Trinajstić information content (AvgIpc) is 3.35. The van der Waals surface area contributed by atoms with Gasteiger partial charge in [-0.1, -0.05) is 0 Å². The Labute approximate surface area is 376 Å². The summed E-state index contributed by atoms with van der Waals surface area (Å²) in [6.45, 7) is 22.8. The fourth-order valence-corrected chi connectivity index (χ4v) is 22.6. The summed E-state index contributed by atoms with van der Waals surface area (Å²) in [5.74, 6) is 0. The van der Waals surface area contributed by atoms with Crippen molar-refractivity contribution in [3.8, 4) is 0 Å². The third-order valence-electron chi connectivity index (χ3n) is 16.3. The van der Waals surface area contributed by atoms with E-state index >= 15 is 0 Å². The van der Waals surface area contributed by atoms with Gasteiger partial charge in [-0.25, -0.2) is 0 Å². The molecule has 61 heavy (non-hydrogen) atoms. The molecule has 1 heteroatoms.